The Labute approximate surface area is 158 Å². The monoisotopic (exact) mass is 390 g/mol. The molecule has 0 aliphatic carbocycles. The van der Waals surface area contributed by atoms with Crippen molar-refractivity contribution < 1.29 is 22.7 Å². The van der Waals surface area contributed by atoms with Crippen molar-refractivity contribution in [2.45, 2.75) is 19.6 Å². The van der Waals surface area contributed by atoms with E-state index in [1.807, 2.05) is 24.3 Å². The number of nitrogens with zero attached hydrogens (tertiary/aromatic N) is 1. The molecule has 1 aliphatic rings. The zero-order valence-electron chi connectivity index (χ0n) is 15.2. The molecule has 7 nitrogen and oxygen atoms in total. The molecule has 0 fully saturated rings. The molecule has 0 bridgehead atoms. The minimum Gasteiger partial charge on any atom is -0.497 e. The lowest BCUT2D eigenvalue weighted by Gasteiger charge is -2.34. The van der Waals surface area contributed by atoms with Crippen molar-refractivity contribution in [3.63, 3.8) is 0 Å². The number of carbonyl (C=O) groups is 1. The van der Waals surface area contributed by atoms with E-state index in [1.165, 1.54) is 4.31 Å². The molecule has 27 heavy (non-hydrogen) atoms. The third-order valence-electron chi connectivity index (χ3n) is 4.35. The molecule has 0 saturated carbocycles. The lowest BCUT2D eigenvalue weighted by atomic mass is 10.2. The molecule has 0 spiro atoms. The molecule has 1 aliphatic heterocycles. The fourth-order valence-corrected chi connectivity index (χ4v) is 3.93. The summed E-state index contributed by atoms with van der Waals surface area (Å²) in [6, 6.07) is 14.1. The van der Waals surface area contributed by atoms with Gasteiger partial charge in [-0.1, -0.05) is 24.3 Å². The summed E-state index contributed by atoms with van der Waals surface area (Å²) in [5.74, 6) is 0.696. The Hall–Kier alpha value is -2.74. The summed E-state index contributed by atoms with van der Waals surface area (Å²) in [6.45, 7) is 1.83. The number of hydrogen-bond donors (Lipinski definition) is 1. The molecular weight excluding hydrogens is 368 g/mol. The molecule has 2 aromatic rings. The van der Waals surface area contributed by atoms with Crippen LogP contribution in [-0.2, 0) is 21.4 Å². The number of benzene rings is 2. The number of methoxy groups -OCH3 is 1. The number of rotatable bonds is 6. The van der Waals surface area contributed by atoms with Gasteiger partial charge in [-0.25, -0.2) is 8.42 Å². The number of ether oxygens (including phenoxy) is 2. The van der Waals surface area contributed by atoms with E-state index < -0.39 is 16.1 Å². The van der Waals surface area contributed by atoms with Crippen molar-refractivity contribution in [1.82, 2.24) is 5.32 Å². The number of carbonyl (C=O) groups excluding carboxylic acids is 1. The molecule has 0 aromatic heterocycles. The van der Waals surface area contributed by atoms with Crippen LogP contribution in [0.5, 0.6) is 11.5 Å². The number of fused-ring (bicyclic) bond motifs is 1. The van der Waals surface area contributed by atoms with Crippen LogP contribution in [0.1, 0.15) is 12.5 Å². The van der Waals surface area contributed by atoms with Crippen LogP contribution in [0.3, 0.4) is 0 Å². The molecular formula is C19H22N2O5S. The Morgan fingerprint density at radius 1 is 1.22 bits per heavy atom. The quantitative estimate of drug-likeness (QED) is 0.815. The van der Waals surface area contributed by atoms with Crippen molar-refractivity contribution in [3.05, 3.63) is 54.1 Å². The summed E-state index contributed by atoms with van der Waals surface area (Å²) in [5.41, 5.74) is 1.36. The van der Waals surface area contributed by atoms with Gasteiger partial charge in [0, 0.05) is 6.54 Å². The maximum atomic E-state index is 12.6. The highest BCUT2D eigenvalue weighted by molar-refractivity contribution is 7.92. The second kappa shape index (κ2) is 7.87. The van der Waals surface area contributed by atoms with Crippen LogP contribution in [0.2, 0.25) is 0 Å². The maximum Gasteiger partial charge on any atom is 0.263 e. The molecule has 3 rings (SSSR count). The summed E-state index contributed by atoms with van der Waals surface area (Å²) in [4.78, 5) is 12.6. The molecule has 0 unspecified atom stereocenters. The predicted molar refractivity (Wildman–Crippen MR) is 103 cm³/mol. The van der Waals surface area contributed by atoms with Gasteiger partial charge in [0.2, 0.25) is 10.0 Å². The van der Waals surface area contributed by atoms with Gasteiger partial charge in [-0.15, -0.1) is 0 Å². The SMILES string of the molecule is CCS(=O)(=O)N1C[C@H](C(=O)NCc2ccc(OC)cc2)Oc2ccccc21. The Balaban J connectivity index is 1.73. The number of amides is 1. The van der Waals surface area contributed by atoms with E-state index in [9.17, 15) is 13.2 Å². The lowest BCUT2D eigenvalue weighted by molar-refractivity contribution is -0.127. The van der Waals surface area contributed by atoms with E-state index in [-0.39, 0.29) is 18.2 Å². The maximum absolute atomic E-state index is 12.6. The first kappa shape index (κ1) is 19.0. The highest BCUT2D eigenvalue weighted by Crippen LogP contribution is 2.35. The standard InChI is InChI=1S/C19H22N2O5S/c1-3-27(23,24)21-13-18(26-17-7-5-4-6-16(17)21)19(22)20-12-14-8-10-15(25-2)11-9-14/h4-11,18H,3,12-13H2,1-2H3,(H,20,22)/t18-/m1/s1. The first-order chi connectivity index (χ1) is 12.9. The predicted octanol–water partition coefficient (Wildman–Crippen LogP) is 1.93. The molecule has 0 radical (unpaired) electrons. The van der Waals surface area contributed by atoms with E-state index in [2.05, 4.69) is 5.32 Å². The largest absolute Gasteiger partial charge is 0.497 e. The van der Waals surface area contributed by atoms with Crippen molar-refractivity contribution in [2.24, 2.45) is 0 Å². The van der Waals surface area contributed by atoms with E-state index in [4.69, 9.17) is 9.47 Å². The summed E-state index contributed by atoms with van der Waals surface area (Å²) in [7, 11) is -1.93. The fourth-order valence-electron chi connectivity index (χ4n) is 2.80. The van der Waals surface area contributed by atoms with Crippen molar-refractivity contribution in [1.29, 1.82) is 0 Å². The number of sulfonamides is 1. The lowest BCUT2D eigenvalue weighted by Crippen LogP contribution is -2.50. The van der Waals surface area contributed by atoms with Gasteiger partial charge in [-0.05, 0) is 36.8 Å². The van der Waals surface area contributed by atoms with Crippen molar-refractivity contribution in [3.8, 4) is 11.5 Å². The molecule has 1 heterocycles. The van der Waals surface area contributed by atoms with Gasteiger partial charge in [0.05, 0.1) is 25.1 Å². The Morgan fingerprint density at radius 3 is 2.59 bits per heavy atom. The first-order valence-corrected chi connectivity index (χ1v) is 10.2. The average molecular weight is 390 g/mol. The van der Waals surface area contributed by atoms with Gasteiger partial charge < -0.3 is 14.8 Å². The third kappa shape index (κ3) is 4.16. The molecule has 2 aromatic carbocycles. The highest BCUT2D eigenvalue weighted by atomic mass is 32.2. The second-order valence-corrected chi connectivity index (χ2v) is 8.25. The number of hydrogen-bond acceptors (Lipinski definition) is 5. The zero-order valence-corrected chi connectivity index (χ0v) is 16.0. The molecule has 144 valence electrons. The number of nitrogens with one attached hydrogen (secondary N) is 1. The number of anilines is 1. The second-order valence-electron chi connectivity index (χ2n) is 6.07. The van der Waals surface area contributed by atoms with Crippen LogP contribution in [0, 0.1) is 0 Å². The van der Waals surface area contributed by atoms with Crippen LogP contribution < -0.4 is 19.1 Å². The van der Waals surface area contributed by atoms with Crippen LogP contribution >= 0.6 is 0 Å². The van der Waals surface area contributed by atoms with Gasteiger partial charge in [-0.3, -0.25) is 9.10 Å². The molecule has 1 amide bonds. The topological polar surface area (TPSA) is 84.9 Å². The van der Waals surface area contributed by atoms with Crippen LogP contribution in [0.25, 0.3) is 0 Å². The van der Waals surface area contributed by atoms with Crippen molar-refractivity contribution >= 4 is 21.6 Å². The van der Waals surface area contributed by atoms with Gasteiger partial charge in [0.15, 0.2) is 6.10 Å². The summed E-state index contributed by atoms with van der Waals surface area (Å²) >= 11 is 0. The molecule has 1 atom stereocenters. The smallest absolute Gasteiger partial charge is 0.263 e. The molecule has 1 N–H and O–H groups in total. The van der Waals surface area contributed by atoms with Crippen LogP contribution in [-0.4, -0.2) is 39.8 Å². The third-order valence-corrected chi connectivity index (χ3v) is 6.10. The van der Waals surface area contributed by atoms with Crippen LogP contribution in [0.15, 0.2) is 48.5 Å². The highest BCUT2D eigenvalue weighted by Gasteiger charge is 2.35. The minimum absolute atomic E-state index is 0.0539. The first-order valence-electron chi connectivity index (χ1n) is 8.61. The summed E-state index contributed by atoms with van der Waals surface area (Å²) in [6.07, 6.45) is -0.917. The van der Waals surface area contributed by atoms with E-state index in [0.29, 0.717) is 18.0 Å². The van der Waals surface area contributed by atoms with E-state index >= 15 is 0 Å². The van der Waals surface area contributed by atoms with E-state index in [1.54, 1.807) is 38.3 Å². The van der Waals surface area contributed by atoms with Gasteiger partial charge in [0.1, 0.15) is 11.5 Å². The normalized spacial score (nSPS) is 16.2. The zero-order chi connectivity index (χ0) is 19.4. The van der Waals surface area contributed by atoms with Crippen LogP contribution in [0.4, 0.5) is 5.69 Å². The van der Waals surface area contributed by atoms with Gasteiger partial charge in [-0.2, -0.15) is 0 Å². The number of para-hydroxylation sites is 2. The van der Waals surface area contributed by atoms with Crippen molar-refractivity contribution in [2.75, 3.05) is 23.7 Å². The molecule has 0 saturated heterocycles. The van der Waals surface area contributed by atoms with E-state index in [0.717, 1.165) is 11.3 Å². The van der Waals surface area contributed by atoms with Gasteiger partial charge in [0.25, 0.3) is 5.91 Å². The summed E-state index contributed by atoms with van der Waals surface area (Å²) in [5, 5.41) is 2.80. The Kier molecular flexibility index (Phi) is 5.55. The molecule has 8 heteroatoms. The average Bonchev–Trinajstić information content (AvgIpc) is 2.71. The Bertz CT molecular complexity index is 912. The Morgan fingerprint density at radius 2 is 1.93 bits per heavy atom. The minimum atomic E-state index is -3.52. The van der Waals surface area contributed by atoms with Gasteiger partial charge >= 0.3 is 0 Å². The summed E-state index contributed by atoms with van der Waals surface area (Å²) < 4.78 is 37.0. The fraction of sp³-hybridized carbons (Fsp3) is 0.316.